The predicted molar refractivity (Wildman–Crippen MR) is 79.2 cm³/mol. The van der Waals surface area contributed by atoms with Crippen LogP contribution in [0.5, 0.6) is 11.6 Å². The first kappa shape index (κ1) is 14.3. The quantitative estimate of drug-likeness (QED) is 0.899. The highest BCUT2D eigenvalue weighted by atomic mass is 79.9. The zero-order valence-electron chi connectivity index (χ0n) is 10.8. The Bertz CT molecular complexity index is 614. The Labute approximate surface area is 124 Å². The third kappa shape index (κ3) is 3.48. The molecule has 0 unspecified atom stereocenters. The zero-order valence-corrected chi connectivity index (χ0v) is 12.3. The molecular weight excluding hydrogens is 324 g/mol. The molecular formula is C14H13BrN2O3. The van der Waals surface area contributed by atoms with Gasteiger partial charge in [0, 0.05) is 10.5 Å². The Balaban J connectivity index is 2.13. The molecule has 2 aromatic rings. The second-order valence-corrected chi connectivity index (χ2v) is 4.85. The van der Waals surface area contributed by atoms with Crippen LogP contribution >= 0.6 is 15.9 Å². The number of nitrogens with one attached hydrogen (secondary N) is 1. The van der Waals surface area contributed by atoms with E-state index >= 15 is 0 Å². The fourth-order valence-electron chi connectivity index (χ4n) is 1.58. The number of phenols is 1. The van der Waals surface area contributed by atoms with Crippen LogP contribution in [0.3, 0.4) is 0 Å². The third-order valence-electron chi connectivity index (χ3n) is 2.49. The number of rotatable bonds is 4. The van der Waals surface area contributed by atoms with Gasteiger partial charge in [-0.05, 0) is 31.2 Å². The van der Waals surface area contributed by atoms with Gasteiger partial charge in [0.15, 0.2) is 0 Å². The molecule has 2 rings (SSSR count). The van der Waals surface area contributed by atoms with Gasteiger partial charge in [-0.3, -0.25) is 4.79 Å². The third-order valence-corrected chi connectivity index (χ3v) is 2.98. The average molecular weight is 337 g/mol. The summed E-state index contributed by atoms with van der Waals surface area (Å²) in [6.07, 6.45) is 1.50. The van der Waals surface area contributed by atoms with Gasteiger partial charge in [-0.1, -0.05) is 15.9 Å². The molecule has 104 valence electrons. The lowest BCUT2D eigenvalue weighted by Gasteiger charge is -2.08. The van der Waals surface area contributed by atoms with Crippen molar-refractivity contribution >= 4 is 27.5 Å². The highest BCUT2D eigenvalue weighted by Crippen LogP contribution is 2.23. The molecule has 2 N–H and O–H groups in total. The minimum atomic E-state index is -0.408. The Kier molecular flexibility index (Phi) is 4.57. The Morgan fingerprint density at radius 1 is 1.40 bits per heavy atom. The van der Waals surface area contributed by atoms with E-state index in [0.717, 1.165) is 0 Å². The molecule has 20 heavy (non-hydrogen) atoms. The minimum absolute atomic E-state index is 0.0791. The van der Waals surface area contributed by atoms with Crippen molar-refractivity contribution in [3.05, 3.63) is 46.6 Å². The van der Waals surface area contributed by atoms with Gasteiger partial charge >= 0.3 is 0 Å². The molecule has 0 atom stereocenters. The van der Waals surface area contributed by atoms with E-state index < -0.39 is 5.91 Å². The van der Waals surface area contributed by atoms with Gasteiger partial charge in [0.1, 0.15) is 5.75 Å². The molecule has 0 aliphatic rings. The lowest BCUT2D eigenvalue weighted by Crippen LogP contribution is -2.12. The molecule has 0 fully saturated rings. The number of carbonyl (C=O) groups excluding carboxylic acids is 1. The monoisotopic (exact) mass is 336 g/mol. The summed E-state index contributed by atoms with van der Waals surface area (Å²) in [5.41, 5.74) is 0.714. The number of amides is 1. The standard InChI is InChI=1S/C14H13BrN2O3/c1-2-20-13-6-4-10(8-16-13)17-14(19)11-7-9(15)3-5-12(11)18/h3-8,18H,2H2,1H3,(H,17,19). The maximum absolute atomic E-state index is 12.0. The van der Waals surface area contributed by atoms with Crippen molar-refractivity contribution < 1.29 is 14.6 Å². The number of carbonyl (C=O) groups is 1. The van der Waals surface area contributed by atoms with E-state index in [1.54, 1.807) is 24.3 Å². The van der Waals surface area contributed by atoms with Crippen molar-refractivity contribution in [1.29, 1.82) is 0 Å². The first-order chi connectivity index (χ1) is 9.60. The number of halogens is 1. The van der Waals surface area contributed by atoms with E-state index in [2.05, 4.69) is 26.2 Å². The normalized spacial score (nSPS) is 10.1. The molecule has 0 saturated heterocycles. The molecule has 0 saturated carbocycles. The predicted octanol–water partition coefficient (Wildman–Crippen LogP) is 3.20. The van der Waals surface area contributed by atoms with Gasteiger partial charge in [0.2, 0.25) is 5.88 Å². The number of pyridine rings is 1. The van der Waals surface area contributed by atoms with Crippen molar-refractivity contribution in [2.45, 2.75) is 6.92 Å². The maximum Gasteiger partial charge on any atom is 0.259 e. The SMILES string of the molecule is CCOc1ccc(NC(=O)c2cc(Br)ccc2O)cn1. The summed E-state index contributed by atoms with van der Waals surface area (Å²) in [6.45, 7) is 2.40. The van der Waals surface area contributed by atoms with Crippen LogP contribution in [0.1, 0.15) is 17.3 Å². The smallest absolute Gasteiger partial charge is 0.259 e. The molecule has 0 spiro atoms. The number of aromatic nitrogens is 1. The molecule has 0 aliphatic carbocycles. The maximum atomic E-state index is 12.0. The highest BCUT2D eigenvalue weighted by Gasteiger charge is 2.12. The summed E-state index contributed by atoms with van der Waals surface area (Å²) < 4.78 is 5.93. The Morgan fingerprint density at radius 2 is 2.20 bits per heavy atom. The Hall–Kier alpha value is -2.08. The lowest BCUT2D eigenvalue weighted by atomic mass is 10.2. The van der Waals surface area contributed by atoms with Crippen LogP contribution in [0.25, 0.3) is 0 Å². The summed E-state index contributed by atoms with van der Waals surface area (Å²) in [6, 6.07) is 8.01. The number of nitrogens with zero attached hydrogens (tertiary/aromatic N) is 1. The van der Waals surface area contributed by atoms with Crippen LogP contribution in [0.15, 0.2) is 41.0 Å². The molecule has 0 bridgehead atoms. The molecule has 1 amide bonds. The van der Waals surface area contributed by atoms with Crippen molar-refractivity contribution in [2.75, 3.05) is 11.9 Å². The first-order valence-electron chi connectivity index (χ1n) is 5.99. The number of hydrogen-bond acceptors (Lipinski definition) is 4. The van der Waals surface area contributed by atoms with Crippen molar-refractivity contribution in [2.24, 2.45) is 0 Å². The van der Waals surface area contributed by atoms with E-state index in [4.69, 9.17) is 4.74 Å². The summed E-state index contributed by atoms with van der Waals surface area (Å²) in [5.74, 6) is 0.00940. The summed E-state index contributed by atoms with van der Waals surface area (Å²) in [5, 5.41) is 12.3. The van der Waals surface area contributed by atoms with Crippen LogP contribution < -0.4 is 10.1 Å². The molecule has 5 nitrogen and oxygen atoms in total. The molecule has 0 aliphatic heterocycles. The van der Waals surface area contributed by atoms with Crippen molar-refractivity contribution in [3.8, 4) is 11.6 Å². The van der Waals surface area contributed by atoms with Crippen LogP contribution in [0.2, 0.25) is 0 Å². The zero-order chi connectivity index (χ0) is 14.5. The topological polar surface area (TPSA) is 71.5 Å². The van der Waals surface area contributed by atoms with Gasteiger partial charge in [-0.15, -0.1) is 0 Å². The summed E-state index contributed by atoms with van der Waals surface area (Å²) in [4.78, 5) is 16.1. The minimum Gasteiger partial charge on any atom is -0.507 e. The fourth-order valence-corrected chi connectivity index (χ4v) is 1.94. The highest BCUT2D eigenvalue weighted by molar-refractivity contribution is 9.10. The van der Waals surface area contributed by atoms with Crippen LogP contribution in [-0.4, -0.2) is 22.6 Å². The van der Waals surface area contributed by atoms with Gasteiger partial charge in [0.05, 0.1) is 24.1 Å². The molecule has 0 radical (unpaired) electrons. The summed E-state index contributed by atoms with van der Waals surface area (Å²) >= 11 is 3.26. The number of benzene rings is 1. The molecule has 1 aromatic heterocycles. The molecule has 6 heteroatoms. The molecule has 1 heterocycles. The second-order valence-electron chi connectivity index (χ2n) is 3.93. The van der Waals surface area contributed by atoms with E-state index in [-0.39, 0.29) is 11.3 Å². The second kappa shape index (κ2) is 6.38. The summed E-state index contributed by atoms with van der Waals surface area (Å²) in [7, 11) is 0. The average Bonchev–Trinajstić information content (AvgIpc) is 2.44. The van der Waals surface area contributed by atoms with Gasteiger partial charge in [-0.2, -0.15) is 0 Å². The van der Waals surface area contributed by atoms with E-state index in [9.17, 15) is 9.90 Å². The van der Waals surface area contributed by atoms with Crippen LogP contribution in [-0.2, 0) is 0 Å². The van der Waals surface area contributed by atoms with Crippen molar-refractivity contribution in [3.63, 3.8) is 0 Å². The number of ether oxygens (including phenoxy) is 1. The Morgan fingerprint density at radius 3 is 2.85 bits per heavy atom. The number of aromatic hydroxyl groups is 1. The fraction of sp³-hybridized carbons (Fsp3) is 0.143. The van der Waals surface area contributed by atoms with Gasteiger partial charge in [-0.25, -0.2) is 4.98 Å². The lowest BCUT2D eigenvalue weighted by molar-refractivity contribution is 0.102. The van der Waals surface area contributed by atoms with E-state index in [0.29, 0.717) is 22.6 Å². The first-order valence-corrected chi connectivity index (χ1v) is 6.78. The van der Waals surface area contributed by atoms with E-state index in [1.807, 2.05) is 6.92 Å². The van der Waals surface area contributed by atoms with Gasteiger partial charge in [0.25, 0.3) is 5.91 Å². The number of phenolic OH excluding ortho intramolecular Hbond substituents is 1. The largest absolute Gasteiger partial charge is 0.507 e. The van der Waals surface area contributed by atoms with Crippen molar-refractivity contribution in [1.82, 2.24) is 4.98 Å². The molecule has 1 aromatic carbocycles. The van der Waals surface area contributed by atoms with Crippen LogP contribution in [0.4, 0.5) is 5.69 Å². The number of anilines is 1. The van der Waals surface area contributed by atoms with Gasteiger partial charge < -0.3 is 15.2 Å². The number of hydrogen-bond donors (Lipinski definition) is 2. The van der Waals surface area contributed by atoms with Crippen LogP contribution in [0, 0.1) is 0 Å². The van der Waals surface area contributed by atoms with E-state index in [1.165, 1.54) is 12.3 Å².